The lowest BCUT2D eigenvalue weighted by Crippen LogP contribution is -2.23. The van der Waals surface area contributed by atoms with Gasteiger partial charge in [0.05, 0.1) is 0 Å². The summed E-state index contributed by atoms with van der Waals surface area (Å²) in [4.78, 5) is 0. The highest BCUT2D eigenvalue weighted by Gasteiger charge is 2.46. The maximum atomic E-state index is 11.9. The van der Waals surface area contributed by atoms with Crippen LogP contribution in [-0.4, -0.2) is 11.8 Å². The molecular weight excluding hydrogens is 195 g/mol. The minimum absolute atomic E-state index is 0.0265. The van der Waals surface area contributed by atoms with Crippen LogP contribution in [0.2, 0.25) is 0 Å². The number of unbranched alkanes of at least 4 members (excludes halogenated alkanes) is 1. The van der Waals surface area contributed by atoms with Crippen molar-refractivity contribution in [3.63, 3.8) is 0 Å². The van der Waals surface area contributed by atoms with Crippen LogP contribution in [0.4, 0.5) is 0 Å². The molecule has 1 rings (SSSR count). The summed E-state index contributed by atoms with van der Waals surface area (Å²) in [6, 6.07) is 0. The van der Waals surface area contributed by atoms with E-state index in [4.69, 9.17) is 4.52 Å². The molecule has 0 aromatic rings. The van der Waals surface area contributed by atoms with E-state index in [1.165, 1.54) is 19.3 Å². The molecule has 1 saturated carbocycles. The molecule has 0 aromatic heterocycles. The van der Waals surface area contributed by atoms with Crippen molar-refractivity contribution in [3.8, 4) is 0 Å². The second-order valence-corrected chi connectivity index (χ2v) is 6.35. The van der Waals surface area contributed by atoms with Gasteiger partial charge in [-0.15, -0.1) is 4.52 Å². The van der Waals surface area contributed by atoms with Crippen LogP contribution in [0.5, 0.6) is 0 Å². The van der Waals surface area contributed by atoms with Crippen molar-refractivity contribution in [2.75, 3.05) is 6.61 Å². The van der Waals surface area contributed by atoms with Crippen LogP contribution in [0.3, 0.4) is 0 Å². The van der Waals surface area contributed by atoms with E-state index in [0.717, 1.165) is 25.7 Å². The molecule has 0 spiro atoms. The second-order valence-electron chi connectivity index (χ2n) is 4.50. The van der Waals surface area contributed by atoms with E-state index in [9.17, 15) is 4.57 Å². The molecule has 0 heterocycles. The summed E-state index contributed by atoms with van der Waals surface area (Å²) < 4.78 is 17.4. The molecule has 1 aliphatic carbocycles. The highest BCUT2D eigenvalue weighted by molar-refractivity contribution is 7.41. The van der Waals surface area contributed by atoms with E-state index in [0.29, 0.717) is 6.61 Å². The summed E-state index contributed by atoms with van der Waals surface area (Å²) in [6.07, 6.45) is 8.02. The molecule has 0 bridgehead atoms. The first-order valence-electron chi connectivity index (χ1n) is 5.79. The first kappa shape index (κ1) is 12.1. The summed E-state index contributed by atoms with van der Waals surface area (Å²) >= 11 is 0. The lowest BCUT2D eigenvalue weighted by Gasteiger charge is -2.22. The Morgan fingerprint density at radius 2 is 1.93 bits per heavy atom. The fraction of sp³-hybridized carbons (Fsp3) is 1.00. The third kappa shape index (κ3) is 3.33. The van der Waals surface area contributed by atoms with E-state index >= 15 is 0 Å². The molecule has 1 unspecified atom stereocenters. The minimum atomic E-state index is -1.44. The maximum Gasteiger partial charge on any atom is 0.514 e. The topological polar surface area (TPSA) is 26.3 Å². The van der Waals surface area contributed by atoms with Gasteiger partial charge in [-0.05, 0) is 43.6 Å². The molecule has 2 nitrogen and oxygen atoms in total. The molecule has 0 amide bonds. The van der Waals surface area contributed by atoms with Crippen molar-refractivity contribution < 1.29 is 9.09 Å². The van der Waals surface area contributed by atoms with Gasteiger partial charge >= 0.3 is 8.03 Å². The monoisotopic (exact) mass is 217 g/mol. The molecule has 0 aliphatic heterocycles. The van der Waals surface area contributed by atoms with Crippen LogP contribution in [-0.2, 0) is 9.09 Å². The Labute approximate surface area is 88.3 Å². The SMILES string of the molecule is CCCCO[P+](=O)C1(C)CCCCC1. The maximum absolute atomic E-state index is 11.9. The molecule has 14 heavy (non-hydrogen) atoms. The Balaban J connectivity index is 2.33. The van der Waals surface area contributed by atoms with Gasteiger partial charge in [-0.2, -0.15) is 0 Å². The number of hydrogen-bond donors (Lipinski definition) is 0. The predicted octanol–water partition coefficient (Wildman–Crippen LogP) is 4.27. The molecular formula is C11H22O2P+. The average Bonchev–Trinajstić information content (AvgIpc) is 2.19. The van der Waals surface area contributed by atoms with Gasteiger partial charge in [-0.3, -0.25) is 0 Å². The zero-order valence-electron chi connectivity index (χ0n) is 9.42. The largest absolute Gasteiger partial charge is 0.514 e. The third-order valence-corrected chi connectivity index (χ3v) is 4.82. The second kappa shape index (κ2) is 5.82. The van der Waals surface area contributed by atoms with Crippen LogP contribution in [0, 0.1) is 0 Å². The van der Waals surface area contributed by atoms with E-state index in [2.05, 4.69) is 13.8 Å². The van der Waals surface area contributed by atoms with Crippen LogP contribution < -0.4 is 0 Å². The molecule has 1 fully saturated rings. The van der Waals surface area contributed by atoms with Gasteiger partial charge in [-0.25, -0.2) is 0 Å². The Bertz CT molecular complexity index is 186. The van der Waals surface area contributed by atoms with E-state index in [-0.39, 0.29) is 5.16 Å². The highest BCUT2D eigenvalue weighted by atomic mass is 31.1. The minimum Gasteiger partial charge on any atom is -0.146 e. The number of rotatable bonds is 5. The molecule has 0 N–H and O–H groups in total. The van der Waals surface area contributed by atoms with Crippen molar-refractivity contribution >= 4 is 8.03 Å². The van der Waals surface area contributed by atoms with Crippen molar-refractivity contribution in [1.29, 1.82) is 0 Å². The summed E-state index contributed by atoms with van der Waals surface area (Å²) in [6.45, 7) is 4.91. The third-order valence-electron chi connectivity index (χ3n) is 3.08. The van der Waals surface area contributed by atoms with Gasteiger partial charge in [0, 0.05) is 0 Å². The molecule has 1 aliphatic rings. The van der Waals surface area contributed by atoms with Gasteiger partial charge in [0.15, 0.2) is 5.16 Å². The normalized spacial score (nSPS) is 22.0. The summed E-state index contributed by atoms with van der Waals surface area (Å²) in [5, 5.41) is -0.0265. The van der Waals surface area contributed by atoms with Gasteiger partial charge in [0.1, 0.15) is 6.61 Å². The molecule has 82 valence electrons. The average molecular weight is 217 g/mol. The molecule has 0 aromatic carbocycles. The highest BCUT2D eigenvalue weighted by Crippen LogP contribution is 2.49. The van der Waals surface area contributed by atoms with Crippen molar-refractivity contribution in [2.24, 2.45) is 0 Å². The van der Waals surface area contributed by atoms with Crippen LogP contribution in [0.1, 0.15) is 58.8 Å². The Kier molecular flexibility index (Phi) is 5.05. The Hall–Kier alpha value is 0.0600. The molecule has 0 saturated heterocycles. The molecule has 0 radical (unpaired) electrons. The number of hydrogen-bond acceptors (Lipinski definition) is 2. The first-order valence-corrected chi connectivity index (χ1v) is 6.97. The lowest BCUT2D eigenvalue weighted by atomic mass is 9.90. The molecule has 3 heteroatoms. The van der Waals surface area contributed by atoms with E-state index in [1.807, 2.05) is 0 Å². The van der Waals surface area contributed by atoms with Crippen molar-refractivity contribution in [2.45, 2.75) is 63.9 Å². The Morgan fingerprint density at radius 1 is 1.29 bits per heavy atom. The van der Waals surface area contributed by atoms with E-state index in [1.54, 1.807) is 0 Å². The first-order chi connectivity index (χ1) is 6.69. The summed E-state index contributed by atoms with van der Waals surface area (Å²) in [5.41, 5.74) is 0. The van der Waals surface area contributed by atoms with Gasteiger partial charge in [0.25, 0.3) is 0 Å². The lowest BCUT2D eigenvalue weighted by molar-refractivity contribution is 0.285. The van der Waals surface area contributed by atoms with E-state index < -0.39 is 8.03 Å². The van der Waals surface area contributed by atoms with Crippen molar-refractivity contribution in [3.05, 3.63) is 0 Å². The Morgan fingerprint density at radius 3 is 2.50 bits per heavy atom. The van der Waals surface area contributed by atoms with Crippen LogP contribution >= 0.6 is 8.03 Å². The van der Waals surface area contributed by atoms with Gasteiger partial charge < -0.3 is 0 Å². The van der Waals surface area contributed by atoms with Gasteiger partial charge in [-0.1, -0.05) is 19.8 Å². The zero-order chi connectivity index (χ0) is 10.4. The predicted molar refractivity (Wildman–Crippen MR) is 60.0 cm³/mol. The fourth-order valence-corrected chi connectivity index (χ4v) is 3.23. The zero-order valence-corrected chi connectivity index (χ0v) is 10.3. The van der Waals surface area contributed by atoms with Crippen molar-refractivity contribution in [1.82, 2.24) is 0 Å². The molecule has 1 atom stereocenters. The van der Waals surface area contributed by atoms with Crippen LogP contribution in [0.15, 0.2) is 0 Å². The smallest absolute Gasteiger partial charge is 0.146 e. The van der Waals surface area contributed by atoms with Gasteiger partial charge in [0.2, 0.25) is 0 Å². The quantitative estimate of drug-likeness (QED) is 0.507. The fourth-order valence-electron chi connectivity index (χ4n) is 1.94. The summed E-state index contributed by atoms with van der Waals surface area (Å²) in [5.74, 6) is 0. The van der Waals surface area contributed by atoms with Crippen LogP contribution in [0.25, 0.3) is 0 Å². The summed E-state index contributed by atoms with van der Waals surface area (Å²) in [7, 11) is -1.44. The standard InChI is InChI=1S/C11H22O2P/c1-3-4-10-13-14(12)11(2)8-6-5-7-9-11/h3-10H2,1-2H3/q+1.